The monoisotopic (exact) mass is 600 g/mol. The number of sulfonamides is 1. The highest BCUT2D eigenvalue weighted by Gasteiger charge is 2.49. The molecule has 0 radical (unpaired) electrons. The van der Waals surface area contributed by atoms with Gasteiger partial charge < -0.3 is 15.7 Å². The molecule has 42 heavy (non-hydrogen) atoms. The van der Waals surface area contributed by atoms with Gasteiger partial charge in [-0.15, -0.1) is 0 Å². The number of fused-ring (bicyclic) bond motifs is 2. The third-order valence-corrected chi connectivity index (χ3v) is 10.1. The van der Waals surface area contributed by atoms with E-state index in [2.05, 4.69) is 30.8 Å². The first kappa shape index (κ1) is 28.0. The van der Waals surface area contributed by atoms with Crippen molar-refractivity contribution in [1.29, 1.82) is 0 Å². The molecule has 2 fully saturated rings. The number of carbonyl (C=O) groups excluding carboxylic acids is 2. The maximum absolute atomic E-state index is 13.8. The molecule has 1 unspecified atom stereocenters. The summed E-state index contributed by atoms with van der Waals surface area (Å²) in [6.45, 7) is 0.385. The summed E-state index contributed by atoms with van der Waals surface area (Å²) >= 11 is 0. The van der Waals surface area contributed by atoms with Crippen molar-refractivity contribution >= 4 is 21.8 Å². The summed E-state index contributed by atoms with van der Waals surface area (Å²) in [6.07, 6.45) is 3.95. The standard InChI is InChI=1S/C26H29FN8O6S/c27-17-5-3-15(4-6-17)12-28-22(38)19-20(36)23(39)34-13-16-7-9-26(10-8-16,24(34)31-19)32-21(37)18-2-1-11-35(18)42(40,41)25-29-14-30-33-25/h3-6,14,16,18,36H,1-2,7-13H2,(H,28,38)(H,32,37)(H,29,30,33). The van der Waals surface area contributed by atoms with E-state index in [4.69, 9.17) is 0 Å². The first-order valence-corrected chi connectivity index (χ1v) is 15.1. The topological polar surface area (TPSA) is 192 Å². The number of aromatic nitrogens is 5. The zero-order valence-corrected chi connectivity index (χ0v) is 23.2. The van der Waals surface area contributed by atoms with Gasteiger partial charge in [-0.2, -0.15) is 9.40 Å². The van der Waals surface area contributed by atoms with Crippen molar-refractivity contribution < 1.29 is 27.5 Å². The molecule has 2 aromatic heterocycles. The van der Waals surface area contributed by atoms with E-state index < -0.39 is 56.2 Å². The normalized spacial score (nSPS) is 23.7. The summed E-state index contributed by atoms with van der Waals surface area (Å²) in [4.78, 5) is 48.4. The zero-order valence-electron chi connectivity index (χ0n) is 22.4. The minimum Gasteiger partial charge on any atom is -0.501 e. The predicted molar refractivity (Wildman–Crippen MR) is 143 cm³/mol. The number of nitrogens with zero attached hydrogens (tertiary/aromatic N) is 5. The zero-order chi connectivity index (χ0) is 29.6. The number of aromatic hydroxyl groups is 1. The van der Waals surface area contributed by atoms with Crippen LogP contribution in [0.15, 0.2) is 40.5 Å². The molecule has 222 valence electrons. The first-order valence-electron chi connectivity index (χ1n) is 13.7. The maximum atomic E-state index is 13.8. The van der Waals surface area contributed by atoms with Crippen LogP contribution in [-0.4, -0.2) is 67.0 Å². The smallest absolute Gasteiger partial charge is 0.296 e. The lowest BCUT2D eigenvalue weighted by molar-refractivity contribution is -0.127. The number of rotatable bonds is 7. The van der Waals surface area contributed by atoms with Crippen LogP contribution in [-0.2, 0) is 33.4 Å². The molecule has 4 aliphatic rings. The van der Waals surface area contributed by atoms with Crippen LogP contribution in [0.2, 0.25) is 0 Å². The fraction of sp³-hybridized carbons (Fsp3) is 0.462. The molecule has 4 N–H and O–H groups in total. The van der Waals surface area contributed by atoms with Crippen molar-refractivity contribution in [2.24, 2.45) is 5.92 Å². The van der Waals surface area contributed by atoms with Crippen LogP contribution >= 0.6 is 0 Å². The average Bonchev–Trinajstić information content (AvgIpc) is 3.66. The number of hydrogen-bond donors (Lipinski definition) is 4. The van der Waals surface area contributed by atoms with Crippen LogP contribution < -0.4 is 16.2 Å². The Labute approximate surface area is 239 Å². The highest BCUT2D eigenvalue weighted by molar-refractivity contribution is 7.89. The molecule has 2 bridgehead atoms. The highest BCUT2D eigenvalue weighted by Crippen LogP contribution is 2.43. The molecule has 1 atom stereocenters. The molecule has 2 amide bonds. The van der Waals surface area contributed by atoms with Gasteiger partial charge in [0.15, 0.2) is 5.69 Å². The summed E-state index contributed by atoms with van der Waals surface area (Å²) in [6, 6.07) is 4.46. The predicted octanol–water partition coefficient (Wildman–Crippen LogP) is 0.505. The van der Waals surface area contributed by atoms with Gasteiger partial charge in [0.25, 0.3) is 26.6 Å². The molecule has 3 aliphatic heterocycles. The molecule has 16 heteroatoms. The van der Waals surface area contributed by atoms with Gasteiger partial charge in [-0.05, 0) is 62.1 Å². The van der Waals surface area contributed by atoms with Crippen molar-refractivity contribution in [2.45, 2.75) is 68.4 Å². The number of halogens is 1. The largest absolute Gasteiger partial charge is 0.501 e. The molecule has 14 nitrogen and oxygen atoms in total. The number of carbonyl (C=O) groups is 2. The molecule has 1 saturated carbocycles. The minimum absolute atomic E-state index is 0.000217. The van der Waals surface area contributed by atoms with E-state index in [1.807, 2.05) is 0 Å². The number of amides is 2. The Morgan fingerprint density at radius 2 is 1.90 bits per heavy atom. The lowest BCUT2D eigenvalue weighted by Crippen LogP contribution is -2.55. The number of nitrogens with one attached hydrogen (secondary N) is 3. The van der Waals surface area contributed by atoms with Gasteiger partial charge in [-0.25, -0.2) is 27.9 Å². The SMILES string of the molecule is O=C(NCc1ccc(F)cc1)c1nc2n(c(=O)c1O)CC1CCC2(NC(=O)C2CCCN2S(=O)(=O)c2ncn[nH]2)CC1. The van der Waals surface area contributed by atoms with E-state index in [0.29, 0.717) is 37.7 Å². The molecular formula is C26H29FN8O6S. The van der Waals surface area contributed by atoms with Gasteiger partial charge in [0, 0.05) is 19.6 Å². The second-order valence-electron chi connectivity index (χ2n) is 10.9. The molecule has 1 aliphatic carbocycles. The van der Waals surface area contributed by atoms with Gasteiger partial charge >= 0.3 is 0 Å². The van der Waals surface area contributed by atoms with Crippen LogP contribution in [0.25, 0.3) is 0 Å². The number of benzene rings is 1. The number of H-pyrrole nitrogens is 1. The fourth-order valence-electron chi connectivity index (χ4n) is 6.16. The highest BCUT2D eigenvalue weighted by atomic mass is 32.2. The fourth-order valence-corrected chi connectivity index (χ4v) is 7.64. The van der Waals surface area contributed by atoms with Crippen molar-refractivity contribution in [3.05, 3.63) is 63.8 Å². The Morgan fingerprint density at radius 3 is 2.60 bits per heavy atom. The van der Waals surface area contributed by atoms with E-state index in [1.165, 1.54) is 28.8 Å². The van der Waals surface area contributed by atoms with Crippen LogP contribution in [0, 0.1) is 11.7 Å². The number of aromatic amines is 1. The Hall–Kier alpha value is -4.18. The Morgan fingerprint density at radius 1 is 1.17 bits per heavy atom. The lowest BCUT2D eigenvalue weighted by Gasteiger charge is -2.38. The van der Waals surface area contributed by atoms with Crippen molar-refractivity contribution in [2.75, 3.05) is 6.54 Å². The molecule has 7 rings (SSSR count). The summed E-state index contributed by atoms with van der Waals surface area (Å²) in [5.74, 6) is -2.35. The van der Waals surface area contributed by atoms with Gasteiger partial charge in [-0.1, -0.05) is 12.1 Å². The lowest BCUT2D eigenvalue weighted by atomic mass is 9.77. The van der Waals surface area contributed by atoms with Crippen LogP contribution in [0.5, 0.6) is 5.75 Å². The molecule has 1 aromatic carbocycles. The van der Waals surface area contributed by atoms with E-state index >= 15 is 0 Å². The second kappa shape index (κ2) is 10.6. The third kappa shape index (κ3) is 4.83. The van der Waals surface area contributed by atoms with Crippen molar-refractivity contribution in [3.8, 4) is 5.75 Å². The Balaban J connectivity index is 1.31. The van der Waals surface area contributed by atoms with Crippen LogP contribution in [0.1, 0.15) is 60.4 Å². The van der Waals surface area contributed by atoms with E-state index in [0.717, 1.165) is 10.6 Å². The van der Waals surface area contributed by atoms with Crippen LogP contribution in [0.4, 0.5) is 4.39 Å². The van der Waals surface area contributed by atoms with Crippen LogP contribution in [0.3, 0.4) is 0 Å². The quantitative estimate of drug-likeness (QED) is 0.299. The van der Waals surface area contributed by atoms with Gasteiger partial charge in [-0.3, -0.25) is 19.0 Å². The van der Waals surface area contributed by atoms with E-state index in [1.54, 1.807) is 0 Å². The molecule has 3 aromatic rings. The first-order chi connectivity index (χ1) is 20.1. The van der Waals surface area contributed by atoms with Gasteiger partial charge in [0.2, 0.25) is 11.7 Å². The summed E-state index contributed by atoms with van der Waals surface area (Å²) in [5, 5.41) is 21.9. The molecular weight excluding hydrogens is 571 g/mol. The molecule has 0 spiro atoms. The summed E-state index contributed by atoms with van der Waals surface area (Å²) in [7, 11) is -4.11. The Kier molecular flexibility index (Phi) is 7.04. The minimum atomic E-state index is -4.11. The maximum Gasteiger partial charge on any atom is 0.296 e. The molecule has 5 heterocycles. The van der Waals surface area contributed by atoms with Gasteiger partial charge in [0.05, 0.1) is 5.54 Å². The van der Waals surface area contributed by atoms with E-state index in [-0.39, 0.29) is 43.0 Å². The number of hydrogen-bond acceptors (Lipinski definition) is 9. The molecule has 1 saturated heterocycles. The van der Waals surface area contributed by atoms with E-state index in [9.17, 15) is 32.3 Å². The van der Waals surface area contributed by atoms with Crippen molar-refractivity contribution in [3.63, 3.8) is 0 Å². The Bertz CT molecular complexity index is 1680. The second-order valence-corrected chi connectivity index (χ2v) is 12.7. The average molecular weight is 601 g/mol. The summed E-state index contributed by atoms with van der Waals surface area (Å²) in [5.41, 5.74) is -1.84. The summed E-state index contributed by atoms with van der Waals surface area (Å²) < 4.78 is 42.0. The third-order valence-electron chi connectivity index (χ3n) is 8.37. The van der Waals surface area contributed by atoms with Crippen molar-refractivity contribution in [1.82, 2.24) is 39.7 Å². The van der Waals surface area contributed by atoms with Gasteiger partial charge in [0.1, 0.15) is 24.0 Å².